The lowest BCUT2D eigenvalue weighted by atomic mass is 9.70. The summed E-state index contributed by atoms with van der Waals surface area (Å²) in [5.41, 5.74) is 1.74. The molecule has 0 radical (unpaired) electrons. The summed E-state index contributed by atoms with van der Waals surface area (Å²) < 4.78 is 5.88. The highest BCUT2D eigenvalue weighted by molar-refractivity contribution is 5.26. The van der Waals surface area contributed by atoms with E-state index < -0.39 is 0 Å². The van der Waals surface area contributed by atoms with Crippen LogP contribution in [0.4, 0.5) is 0 Å². The first kappa shape index (κ1) is 16.4. The molecule has 2 nitrogen and oxygen atoms in total. The fourth-order valence-corrected chi connectivity index (χ4v) is 3.78. The Bertz CT molecular complexity index is 437. The lowest BCUT2D eigenvalue weighted by Gasteiger charge is -2.40. The summed E-state index contributed by atoms with van der Waals surface area (Å²) in [5.74, 6) is 1.78. The highest BCUT2D eigenvalue weighted by atomic mass is 16.5. The van der Waals surface area contributed by atoms with Gasteiger partial charge in [-0.1, -0.05) is 38.5 Å². The number of rotatable bonds is 5. The average molecular weight is 289 g/mol. The van der Waals surface area contributed by atoms with Crippen LogP contribution in [0.15, 0.2) is 24.3 Å². The van der Waals surface area contributed by atoms with Gasteiger partial charge in [-0.2, -0.15) is 0 Å². The predicted molar refractivity (Wildman–Crippen MR) is 89.9 cm³/mol. The topological polar surface area (TPSA) is 21.3 Å². The van der Waals surface area contributed by atoms with Crippen LogP contribution in [0.1, 0.15) is 52.5 Å². The zero-order valence-corrected chi connectivity index (χ0v) is 14.3. The van der Waals surface area contributed by atoms with Gasteiger partial charge in [-0.05, 0) is 56.6 Å². The minimum Gasteiger partial charge on any atom is -0.492 e. The SMILES string of the molecule is Cc1ccc(OCC(C)NC2CC(C)CC(C)(C)C2)cc1. The molecule has 1 aromatic carbocycles. The quantitative estimate of drug-likeness (QED) is 0.857. The van der Waals surface area contributed by atoms with Crippen molar-refractivity contribution < 1.29 is 4.74 Å². The van der Waals surface area contributed by atoms with E-state index in [-0.39, 0.29) is 0 Å². The van der Waals surface area contributed by atoms with Crippen molar-refractivity contribution in [2.45, 2.75) is 66.0 Å². The first-order valence-corrected chi connectivity index (χ1v) is 8.29. The van der Waals surface area contributed by atoms with Gasteiger partial charge < -0.3 is 10.1 Å². The van der Waals surface area contributed by atoms with E-state index >= 15 is 0 Å². The number of hydrogen-bond acceptors (Lipinski definition) is 2. The van der Waals surface area contributed by atoms with E-state index in [1.54, 1.807) is 0 Å². The van der Waals surface area contributed by atoms with Crippen LogP contribution in [0.5, 0.6) is 5.75 Å². The third-order valence-electron chi connectivity index (χ3n) is 4.43. The molecule has 1 aromatic rings. The molecule has 0 aliphatic heterocycles. The molecule has 2 rings (SSSR count). The number of ether oxygens (including phenoxy) is 1. The van der Waals surface area contributed by atoms with Crippen LogP contribution < -0.4 is 10.1 Å². The van der Waals surface area contributed by atoms with Gasteiger partial charge in [-0.3, -0.25) is 0 Å². The number of aryl methyl sites for hydroxylation is 1. The fourth-order valence-electron chi connectivity index (χ4n) is 3.78. The Morgan fingerprint density at radius 2 is 1.90 bits per heavy atom. The van der Waals surface area contributed by atoms with Crippen molar-refractivity contribution in [3.05, 3.63) is 29.8 Å². The maximum Gasteiger partial charge on any atom is 0.119 e. The normalized spacial score (nSPS) is 26.3. The van der Waals surface area contributed by atoms with Gasteiger partial charge in [0.25, 0.3) is 0 Å². The molecule has 1 aliphatic carbocycles. The van der Waals surface area contributed by atoms with Crippen molar-refractivity contribution in [3.8, 4) is 5.75 Å². The van der Waals surface area contributed by atoms with Crippen molar-refractivity contribution in [1.29, 1.82) is 0 Å². The summed E-state index contributed by atoms with van der Waals surface area (Å²) in [6.45, 7) is 12.2. The van der Waals surface area contributed by atoms with Gasteiger partial charge in [0.2, 0.25) is 0 Å². The number of nitrogens with one attached hydrogen (secondary N) is 1. The Morgan fingerprint density at radius 1 is 1.24 bits per heavy atom. The second kappa shape index (κ2) is 6.83. The molecule has 1 fully saturated rings. The van der Waals surface area contributed by atoms with Gasteiger partial charge in [0, 0.05) is 12.1 Å². The van der Waals surface area contributed by atoms with Crippen molar-refractivity contribution in [2.24, 2.45) is 11.3 Å². The van der Waals surface area contributed by atoms with Crippen molar-refractivity contribution in [1.82, 2.24) is 5.32 Å². The minimum absolute atomic E-state index is 0.386. The van der Waals surface area contributed by atoms with E-state index in [2.05, 4.69) is 52.1 Å². The van der Waals surface area contributed by atoms with E-state index in [0.717, 1.165) is 18.3 Å². The van der Waals surface area contributed by atoms with Crippen LogP contribution in [0.2, 0.25) is 0 Å². The molecule has 0 bridgehead atoms. The van der Waals surface area contributed by atoms with Gasteiger partial charge in [0.05, 0.1) is 0 Å². The second-order valence-electron chi connectivity index (χ2n) is 7.80. The van der Waals surface area contributed by atoms with Gasteiger partial charge in [0.1, 0.15) is 12.4 Å². The summed E-state index contributed by atoms with van der Waals surface area (Å²) in [7, 11) is 0. The summed E-state index contributed by atoms with van der Waals surface area (Å²) in [5, 5.41) is 3.76. The molecule has 1 saturated carbocycles. The van der Waals surface area contributed by atoms with Crippen LogP contribution >= 0.6 is 0 Å². The maximum absolute atomic E-state index is 5.88. The molecule has 0 heterocycles. The molecule has 3 unspecified atom stereocenters. The first-order chi connectivity index (χ1) is 9.84. The summed E-state index contributed by atoms with van der Waals surface area (Å²) in [6.07, 6.45) is 3.91. The highest BCUT2D eigenvalue weighted by Gasteiger charge is 2.32. The Balaban J connectivity index is 1.78. The molecule has 0 saturated heterocycles. The van der Waals surface area contributed by atoms with E-state index in [0.29, 0.717) is 17.5 Å². The van der Waals surface area contributed by atoms with E-state index in [4.69, 9.17) is 4.74 Å². The van der Waals surface area contributed by atoms with Gasteiger partial charge in [-0.15, -0.1) is 0 Å². The molecule has 0 amide bonds. The van der Waals surface area contributed by atoms with E-state index in [1.807, 2.05) is 12.1 Å². The maximum atomic E-state index is 5.88. The zero-order chi connectivity index (χ0) is 15.5. The monoisotopic (exact) mass is 289 g/mol. The fraction of sp³-hybridized carbons (Fsp3) is 0.684. The molecular formula is C19H31NO. The molecule has 1 aliphatic rings. The van der Waals surface area contributed by atoms with Crippen molar-refractivity contribution >= 4 is 0 Å². The smallest absolute Gasteiger partial charge is 0.119 e. The van der Waals surface area contributed by atoms with Crippen LogP contribution in [-0.4, -0.2) is 18.7 Å². The Hall–Kier alpha value is -1.02. The zero-order valence-electron chi connectivity index (χ0n) is 14.3. The molecule has 1 N–H and O–H groups in total. The Morgan fingerprint density at radius 3 is 2.52 bits per heavy atom. The first-order valence-electron chi connectivity index (χ1n) is 8.29. The standard InChI is InChI=1S/C19H31NO/c1-14-6-8-18(9-7-14)21-13-16(3)20-17-10-15(2)11-19(4,5)12-17/h6-9,15-17,20H,10-13H2,1-5H3. The third kappa shape index (κ3) is 5.35. The van der Waals surface area contributed by atoms with Crippen molar-refractivity contribution in [2.75, 3.05) is 6.61 Å². The van der Waals surface area contributed by atoms with Gasteiger partial charge >= 0.3 is 0 Å². The molecule has 21 heavy (non-hydrogen) atoms. The van der Waals surface area contributed by atoms with Crippen LogP contribution in [0.25, 0.3) is 0 Å². The largest absolute Gasteiger partial charge is 0.492 e. The van der Waals surface area contributed by atoms with E-state index in [1.165, 1.54) is 24.8 Å². The summed E-state index contributed by atoms with van der Waals surface area (Å²) >= 11 is 0. The summed E-state index contributed by atoms with van der Waals surface area (Å²) in [4.78, 5) is 0. The highest BCUT2D eigenvalue weighted by Crippen LogP contribution is 2.38. The second-order valence-corrected chi connectivity index (χ2v) is 7.80. The predicted octanol–water partition coefficient (Wildman–Crippen LogP) is 4.57. The molecule has 118 valence electrons. The Labute approximate surface area is 130 Å². The molecule has 2 heteroatoms. The minimum atomic E-state index is 0.386. The number of benzene rings is 1. The van der Waals surface area contributed by atoms with Gasteiger partial charge in [0.15, 0.2) is 0 Å². The lowest BCUT2D eigenvalue weighted by molar-refractivity contribution is 0.137. The summed E-state index contributed by atoms with van der Waals surface area (Å²) in [6, 6.07) is 9.30. The van der Waals surface area contributed by atoms with Crippen LogP contribution in [-0.2, 0) is 0 Å². The molecular weight excluding hydrogens is 258 g/mol. The molecule has 0 aromatic heterocycles. The average Bonchev–Trinajstić information content (AvgIpc) is 2.35. The third-order valence-corrected chi connectivity index (χ3v) is 4.43. The van der Waals surface area contributed by atoms with E-state index in [9.17, 15) is 0 Å². The van der Waals surface area contributed by atoms with Crippen LogP contribution in [0.3, 0.4) is 0 Å². The number of hydrogen-bond donors (Lipinski definition) is 1. The van der Waals surface area contributed by atoms with Gasteiger partial charge in [-0.25, -0.2) is 0 Å². The molecule has 0 spiro atoms. The lowest BCUT2D eigenvalue weighted by Crippen LogP contribution is -2.45. The molecule has 3 atom stereocenters. The van der Waals surface area contributed by atoms with Crippen LogP contribution in [0, 0.1) is 18.3 Å². The van der Waals surface area contributed by atoms with Crippen molar-refractivity contribution in [3.63, 3.8) is 0 Å². The Kier molecular flexibility index (Phi) is 5.32.